The van der Waals surface area contributed by atoms with Crippen molar-refractivity contribution in [3.05, 3.63) is 95.0 Å². The van der Waals surface area contributed by atoms with Crippen LogP contribution in [0.15, 0.2) is 84.0 Å². The molecule has 2 aromatic carbocycles. The first-order valence-corrected chi connectivity index (χ1v) is 11.1. The molecule has 0 atom stereocenters. The van der Waals surface area contributed by atoms with Gasteiger partial charge in [0.15, 0.2) is 0 Å². The number of nitrogens with zero attached hydrogens (tertiary/aromatic N) is 2. The lowest BCUT2D eigenvalue weighted by molar-refractivity contribution is -0.590. The van der Waals surface area contributed by atoms with Crippen LogP contribution in [0.2, 0.25) is 5.02 Å². The Hall–Kier alpha value is -3.89. The molecule has 32 heavy (non-hydrogen) atoms. The number of imidazole rings is 1. The number of rotatable bonds is 6. The number of carbonyl (C=O) groups excluding carboxylic acids is 1. The zero-order valence-electron chi connectivity index (χ0n) is 16.3. The molecule has 0 saturated carbocycles. The highest BCUT2D eigenvalue weighted by Crippen LogP contribution is 2.20. The number of carbonyl (C=O) groups is 1. The fourth-order valence-corrected chi connectivity index (χ4v) is 4.02. The third-order valence-electron chi connectivity index (χ3n) is 4.41. The fraction of sp³-hybridized carbons (Fsp3) is 0. The van der Waals surface area contributed by atoms with Crippen molar-refractivity contribution in [1.29, 1.82) is 0 Å². The molecule has 0 aliphatic carbocycles. The summed E-state index contributed by atoms with van der Waals surface area (Å²) in [6, 6.07) is 17.5. The highest BCUT2D eigenvalue weighted by molar-refractivity contribution is 7.92. The van der Waals surface area contributed by atoms with Gasteiger partial charge in [0.25, 0.3) is 15.8 Å². The first kappa shape index (κ1) is 21.3. The van der Waals surface area contributed by atoms with Crippen LogP contribution in [-0.4, -0.2) is 24.3 Å². The summed E-state index contributed by atoms with van der Waals surface area (Å²) in [5.74, 6) is -0.427. The van der Waals surface area contributed by atoms with E-state index in [2.05, 4.69) is 20.0 Å². The van der Waals surface area contributed by atoms with E-state index in [0.29, 0.717) is 21.3 Å². The fourth-order valence-electron chi connectivity index (χ4n) is 2.82. The van der Waals surface area contributed by atoms with Gasteiger partial charge in [-0.1, -0.05) is 41.9 Å². The third kappa shape index (κ3) is 4.71. The van der Waals surface area contributed by atoms with E-state index in [0.717, 1.165) is 23.9 Å². The van der Waals surface area contributed by atoms with Crippen molar-refractivity contribution in [3.63, 3.8) is 0 Å². The average Bonchev–Trinajstić information content (AvgIpc) is 3.28. The molecule has 11 heteroatoms. The molecule has 3 N–H and O–H groups in total. The summed E-state index contributed by atoms with van der Waals surface area (Å²) >= 11 is 5.81. The number of nitrogens with one attached hydrogen (secondary N) is 3. The summed E-state index contributed by atoms with van der Waals surface area (Å²) in [7, 11) is -4.01. The Balaban J connectivity index is 1.54. The Labute approximate surface area is 188 Å². The number of aromatic amines is 1. The second kappa shape index (κ2) is 8.69. The lowest BCUT2D eigenvalue weighted by atomic mass is 10.2. The normalized spacial score (nSPS) is 11.2. The third-order valence-corrected chi connectivity index (χ3v) is 6.04. The minimum atomic E-state index is -4.01. The molecule has 4 rings (SSSR count). The summed E-state index contributed by atoms with van der Waals surface area (Å²) in [6.45, 7) is 0. The number of aromatic nitrogens is 3. The molecule has 1 amide bonds. The molecule has 0 saturated heterocycles. The Kier molecular flexibility index (Phi) is 5.80. The van der Waals surface area contributed by atoms with E-state index in [9.17, 15) is 18.4 Å². The monoisotopic (exact) mass is 469 g/mol. The minimum absolute atomic E-state index is 0.108. The molecular weight excluding hydrogens is 454 g/mol. The Bertz CT molecular complexity index is 1370. The molecule has 2 heterocycles. The molecule has 2 aromatic heterocycles. The van der Waals surface area contributed by atoms with Gasteiger partial charge in [0.2, 0.25) is 0 Å². The highest BCUT2D eigenvalue weighted by atomic mass is 35.5. The van der Waals surface area contributed by atoms with Gasteiger partial charge in [0.05, 0.1) is 17.3 Å². The van der Waals surface area contributed by atoms with E-state index >= 15 is 0 Å². The van der Waals surface area contributed by atoms with Gasteiger partial charge in [-0.05, 0) is 30.3 Å². The van der Waals surface area contributed by atoms with Gasteiger partial charge in [-0.3, -0.25) is 4.72 Å². The van der Waals surface area contributed by atoms with Crippen LogP contribution in [0.1, 0.15) is 10.5 Å². The predicted molar refractivity (Wildman–Crippen MR) is 120 cm³/mol. The van der Waals surface area contributed by atoms with E-state index in [1.54, 1.807) is 0 Å². The maximum atomic E-state index is 12.7. The number of H-pyrrole nitrogens is 1. The average molecular weight is 470 g/mol. The topological polar surface area (TPSA) is 131 Å². The number of hydrogen-bond acceptors (Lipinski definition) is 5. The Morgan fingerprint density at radius 2 is 1.78 bits per heavy atom. The Morgan fingerprint density at radius 1 is 1.06 bits per heavy atom. The van der Waals surface area contributed by atoms with Gasteiger partial charge < -0.3 is 10.2 Å². The van der Waals surface area contributed by atoms with Crippen molar-refractivity contribution in [3.8, 4) is 11.4 Å². The van der Waals surface area contributed by atoms with Crippen LogP contribution < -0.4 is 14.8 Å². The minimum Gasteiger partial charge on any atom is -0.711 e. The van der Waals surface area contributed by atoms with Crippen LogP contribution in [0.4, 0.5) is 11.5 Å². The van der Waals surface area contributed by atoms with Crippen molar-refractivity contribution < 1.29 is 17.9 Å². The number of halogens is 1. The summed E-state index contributed by atoms with van der Waals surface area (Å²) < 4.78 is 28.1. The van der Waals surface area contributed by atoms with Gasteiger partial charge in [-0.2, -0.15) is 0 Å². The SMILES string of the molecule is O=C(Nc1cc(S(=O)(=O)Nc2ccc(Cl)cc2)cc[n+]1[O-])c1cnc(-c2ccccc2)[nH]1. The molecule has 0 aliphatic heterocycles. The number of hydrogen-bond donors (Lipinski definition) is 3. The Morgan fingerprint density at radius 3 is 2.50 bits per heavy atom. The lowest BCUT2D eigenvalue weighted by Crippen LogP contribution is -2.33. The summed E-state index contributed by atoms with van der Waals surface area (Å²) in [6.07, 6.45) is 2.32. The van der Waals surface area contributed by atoms with Crippen molar-refractivity contribution in [2.75, 3.05) is 10.0 Å². The van der Waals surface area contributed by atoms with Crippen LogP contribution in [0.3, 0.4) is 0 Å². The molecular formula is C21H16ClN5O4S. The van der Waals surface area contributed by atoms with E-state index in [1.165, 1.54) is 30.5 Å². The van der Waals surface area contributed by atoms with Crippen molar-refractivity contribution in [2.45, 2.75) is 4.90 Å². The molecule has 9 nitrogen and oxygen atoms in total. The zero-order chi connectivity index (χ0) is 22.7. The van der Waals surface area contributed by atoms with Gasteiger partial charge in [0, 0.05) is 22.3 Å². The van der Waals surface area contributed by atoms with E-state index < -0.39 is 15.9 Å². The smallest absolute Gasteiger partial charge is 0.357 e. The van der Waals surface area contributed by atoms with Crippen LogP contribution >= 0.6 is 11.6 Å². The highest BCUT2D eigenvalue weighted by Gasteiger charge is 2.21. The summed E-state index contributed by atoms with van der Waals surface area (Å²) in [5, 5.41) is 15.0. The predicted octanol–water partition coefficient (Wildman–Crippen LogP) is 3.42. The maximum absolute atomic E-state index is 12.7. The standard InChI is InChI=1S/C21H16ClN5O4S/c22-15-6-8-16(9-7-15)26-32(30,31)17-10-11-27(29)19(12-17)25-21(28)18-13-23-20(24-18)14-4-2-1-3-5-14/h1-13,26H,(H,23,24)(H,25,28). The van der Waals surface area contributed by atoms with Gasteiger partial charge in [-0.15, -0.1) is 0 Å². The molecule has 0 spiro atoms. The van der Waals surface area contributed by atoms with E-state index in [4.69, 9.17) is 11.6 Å². The summed E-state index contributed by atoms with van der Waals surface area (Å²) in [4.78, 5) is 19.4. The number of pyridine rings is 1. The molecule has 0 unspecified atom stereocenters. The zero-order valence-corrected chi connectivity index (χ0v) is 17.9. The molecule has 0 bridgehead atoms. The lowest BCUT2D eigenvalue weighted by Gasteiger charge is -2.11. The first-order valence-electron chi connectivity index (χ1n) is 9.25. The van der Waals surface area contributed by atoms with Crippen LogP contribution in [0.25, 0.3) is 11.4 Å². The largest absolute Gasteiger partial charge is 0.711 e. The van der Waals surface area contributed by atoms with E-state index in [1.807, 2.05) is 30.3 Å². The van der Waals surface area contributed by atoms with Crippen molar-refractivity contribution in [2.24, 2.45) is 0 Å². The second-order valence-corrected chi connectivity index (χ2v) is 8.77. The number of amides is 1. The first-order chi connectivity index (χ1) is 15.3. The second-order valence-electron chi connectivity index (χ2n) is 6.65. The van der Waals surface area contributed by atoms with Crippen LogP contribution in [0.5, 0.6) is 0 Å². The van der Waals surface area contributed by atoms with Crippen LogP contribution in [0, 0.1) is 5.21 Å². The van der Waals surface area contributed by atoms with Crippen LogP contribution in [-0.2, 0) is 10.0 Å². The van der Waals surface area contributed by atoms with Crippen molar-refractivity contribution in [1.82, 2.24) is 9.97 Å². The summed E-state index contributed by atoms with van der Waals surface area (Å²) in [5.41, 5.74) is 1.19. The quantitative estimate of drug-likeness (QED) is 0.294. The van der Waals surface area contributed by atoms with Gasteiger partial charge >= 0.3 is 5.91 Å². The van der Waals surface area contributed by atoms with E-state index in [-0.39, 0.29) is 16.4 Å². The maximum Gasteiger partial charge on any atom is 0.357 e. The van der Waals surface area contributed by atoms with Crippen molar-refractivity contribution >= 4 is 39.0 Å². The molecule has 0 fully saturated rings. The molecule has 4 aromatic rings. The molecule has 0 aliphatic rings. The number of anilines is 2. The number of sulfonamides is 1. The molecule has 162 valence electrons. The van der Waals surface area contributed by atoms with Gasteiger partial charge in [0.1, 0.15) is 11.5 Å². The molecule has 0 radical (unpaired) electrons. The van der Waals surface area contributed by atoms with Gasteiger partial charge in [-0.25, -0.2) is 28.2 Å². The number of benzene rings is 2.